The van der Waals surface area contributed by atoms with E-state index in [9.17, 15) is 4.79 Å². The Kier molecular flexibility index (Phi) is 5.99. The van der Waals surface area contributed by atoms with Gasteiger partial charge in [-0.3, -0.25) is 4.79 Å². The van der Waals surface area contributed by atoms with E-state index in [2.05, 4.69) is 0 Å². The van der Waals surface area contributed by atoms with Gasteiger partial charge in [0.1, 0.15) is 17.2 Å². The van der Waals surface area contributed by atoms with Crippen LogP contribution in [-0.2, 0) is 11.2 Å². The minimum Gasteiger partial charge on any atom is -0.496 e. The predicted octanol–water partition coefficient (Wildman–Crippen LogP) is 1.91. The number of benzene rings is 1. The van der Waals surface area contributed by atoms with Gasteiger partial charge in [0, 0.05) is 24.1 Å². The fraction of sp³-hybridized carbons (Fsp3) is 0.500. The van der Waals surface area contributed by atoms with Crippen molar-refractivity contribution in [1.82, 2.24) is 0 Å². The maximum absolute atomic E-state index is 10.7. The number of primary amides is 1. The molecular formula is C14H21NO4. The Hall–Kier alpha value is -1.91. The molecule has 1 aromatic rings. The first-order valence-electron chi connectivity index (χ1n) is 6.19. The van der Waals surface area contributed by atoms with E-state index in [4.69, 9.17) is 19.9 Å². The highest BCUT2D eigenvalue weighted by Gasteiger charge is 2.12. The van der Waals surface area contributed by atoms with E-state index in [0.29, 0.717) is 12.2 Å². The van der Waals surface area contributed by atoms with Crippen molar-refractivity contribution >= 4 is 5.91 Å². The smallest absolute Gasteiger partial charge is 0.217 e. The molecule has 2 N–H and O–H groups in total. The fourth-order valence-corrected chi connectivity index (χ4v) is 1.93. The molecule has 0 aliphatic heterocycles. The van der Waals surface area contributed by atoms with Crippen molar-refractivity contribution in [3.63, 3.8) is 0 Å². The van der Waals surface area contributed by atoms with E-state index >= 15 is 0 Å². The second kappa shape index (κ2) is 7.51. The molecular weight excluding hydrogens is 246 g/mol. The largest absolute Gasteiger partial charge is 0.496 e. The third-order valence-corrected chi connectivity index (χ3v) is 2.92. The summed E-state index contributed by atoms with van der Waals surface area (Å²) in [6.07, 6.45) is 2.78. The molecule has 5 heteroatoms. The molecule has 1 amide bonds. The molecule has 0 bridgehead atoms. The second-order valence-electron chi connectivity index (χ2n) is 4.18. The standard InChI is InChI=1S/C14H21NO4/c1-17-10-8-12(18-2)11(13(9-10)19-3)6-4-5-7-14(15)16/h8-9H,4-7H2,1-3H3,(H2,15,16). The lowest BCUT2D eigenvalue weighted by atomic mass is 10.0. The molecule has 0 unspecified atom stereocenters. The van der Waals surface area contributed by atoms with Crippen LogP contribution in [0.1, 0.15) is 24.8 Å². The number of unbranched alkanes of at least 4 members (excludes halogenated alkanes) is 1. The van der Waals surface area contributed by atoms with Crippen LogP contribution in [0.5, 0.6) is 17.2 Å². The minimum atomic E-state index is -0.270. The zero-order valence-electron chi connectivity index (χ0n) is 11.7. The number of nitrogens with two attached hydrogens (primary N) is 1. The van der Waals surface area contributed by atoms with Gasteiger partial charge >= 0.3 is 0 Å². The lowest BCUT2D eigenvalue weighted by Crippen LogP contribution is -2.09. The normalized spacial score (nSPS) is 10.1. The van der Waals surface area contributed by atoms with Gasteiger partial charge in [-0.05, 0) is 19.3 Å². The van der Waals surface area contributed by atoms with Gasteiger partial charge in [-0.15, -0.1) is 0 Å². The third-order valence-electron chi connectivity index (χ3n) is 2.92. The first-order chi connectivity index (χ1) is 9.12. The molecule has 0 fully saturated rings. The average Bonchev–Trinajstić information content (AvgIpc) is 2.42. The topological polar surface area (TPSA) is 70.8 Å². The highest BCUT2D eigenvalue weighted by molar-refractivity contribution is 5.73. The number of carbonyl (C=O) groups excluding carboxylic acids is 1. The highest BCUT2D eigenvalue weighted by Crippen LogP contribution is 2.35. The Morgan fingerprint density at radius 2 is 1.63 bits per heavy atom. The summed E-state index contributed by atoms with van der Waals surface area (Å²) in [6, 6.07) is 3.65. The quantitative estimate of drug-likeness (QED) is 0.730. The zero-order valence-corrected chi connectivity index (χ0v) is 11.7. The van der Waals surface area contributed by atoms with Crippen LogP contribution in [0, 0.1) is 0 Å². The van der Waals surface area contributed by atoms with Crippen LogP contribution in [0.25, 0.3) is 0 Å². The number of amides is 1. The maximum atomic E-state index is 10.7. The first-order valence-corrected chi connectivity index (χ1v) is 6.19. The Morgan fingerprint density at radius 1 is 1.05 bits per heavy atom. The molecule has 106 valence electrons. The predicted molar refractivity (Wildman–Crippen MR) is 72.8 cm³/mol. The molecule has 0 aromatic heterocycles. The van der Waals surface area contributed by atoms with Crippen LogP contribution in [0.4, 0.5) is 0 Å². The summed E-state index contributed by atoms with van der Waals surface area (Å²) in [5.41, 5.74) is 6.10. The van der Waals surface area contributed by atoms with Crippen LogP contribution >= 0.6 is 0 Å². The lowest BCUT2D eigenvalue weighted by Gasteiger charge is -2.14. The number of carbonyl (C=O) groups is 1. The molecule has 0 heterocycles. The molecule has 0 saturated carbocycles. The van der Waals surface area contributed by atoms with Crippen molar-refractivity contribution in [3.05, 3.63) is 17.7 Å². The summed E-state index contributed by atoms with van der Waals surface area (Å²) in [6.45, 7) is 0. The summed E-state index contributed by atoms with van der Waals surface area (Å²) in [7, 11) is 4.82. The maximum Gasteiger partial charge on any atom is 0.217 e. The Balaban J connectivity index is 2.82. The molecule has 0 aliphatic carbocycles. The molecule has 0 aliphatic rings. The average molecular weight is 267 g/mol. The van der Waals surface area contributed by atoms with Crippen molar-refractivity contribution in [3.8, 4) is 17.2 Å². The van der Waals surface area contributed by atoms with E-state index in [0.717, 1.165) is 36.3 Å². The molecule has 19 heavy (non-hydrogen) atoms. The Labute approximate surface area is 113 Å². The molecule has 5 nitrogen and oxygen atoms in total. The van der Waals surface area contributed by atoms with Crippen LogP contribution in [0.3, 0.4) is 0 Å². The first kappa shape index (κ1) is 15.1. The second-order valence-corrected chi connectivity index (χ2v) is 4.18. The number of ether oxygens (including phenoxy) is 3. The molecule has 0 spiro atoms. The summed E-state index contributed by atoms with van der Waals surface area (Å²) in [5.74, 6) is 1.88. The van der Waals surface area contributed by atoms with Gasteiger partial charge in [0.25, 0.3) is 0 Å². The summed E-state index contributed by atoms with van der Waals surface area (Å²) >= 11 is 0. The van der Waals surface area contributed by atoms with E-state index in [1.165, 1.54) is 0 Å². The highest BCUT2D eigenvalue weighted by atomic mass is 16.5. The van der Waals surface area contributed by atoms with Gasteiger partial charge in [0.2, 0.25) is 5.91 Å². The van der Waals surface area contributed by atoms with Crippen LogP contribution < -0.4 is 19.9 Å². The van der Waals surface area contributed by atoms with E-state index in [-0.39, 0.29) is 5.91 Å². The minimum absolute atomic E-state index is 0.270. The lowest BCUT2D eigenvalue weighted by molar-refractivity contribution is -0.118. The van der Waals surface area contributed by atoms with Gasteiger partial charge in [-0.25, -0.2) is 0 Å². The molecule has 1 aromatic carbocycles. The van der Waals surface area contributed by atoms with Crippen LogP contribution in [-0.4, -0.2) is 27.2 Å². The number of rotatable bonds is 8. The van der Waals surface area contributed by atoms with Crippen LogP contribution in [0.15, 0.2) is 12.1 Å². The molecule has 0 saturated heterocycles. The number of hydrogen-bond donors (Lipinski definition) is 1. The van der Waals surface area contributed by atoms with E-state index < -0.39 is 0 Å². The summed E-state index contributed by atoms with van der Waals surface area (Å²) in [4.78, 5) is 10.7. The fourth-order valence-electron chi connectivity index (χ4n) is 1.93. The van der Waals surface area contributed by atoms with Crippen molar-refractivity contribution in [2.45, 2.75) is 25.7 Å². The van der Waals surface area contributed by atoms with Crippen molar-refractivity contribution < 1.29 is 19.0 Å². The van der Waals surface area contributed by atoms with Gasteiger partial charge in [0.15, 0.2) is 0 Å². The van der Waals surface area contributed by atoms with Gasteiger partial charge in [-0.2, -0.15) is 0 Å². The summed E-state index contributed by atoms with van der Waals surface area (Å²) < 4.78 is 15.9. The number of hydrogen-bond acceptors (Lipinski definition) is 4. The van der Waals surface area contributed by atoms with Crippen molar-refractivity contribution in [2.24, 2.45) is 5.73 Å². The van der Waals surface area contributed by atoms with Gasteiger partial charge < -0.3 is 19.9 Å². The SMILES string of the molecule is COc1cc(OC)c(CCCCC(N)=O)c(OC)c1. The molecule has 0 atom stereocenters. The van der Waals surface area contributed by atoms with E-state index in [1.54, 1.807) is 21.3 Å². The molecule has 1 rings (SSSR count). The van der Waals surface area contributed by atoms with E-state index in [1.807, 2.05) is 12.1 Å². The molecule has 0 radical (unpaired) electrons. The number of methoxy groups -OCH3 is 3. The third kappa shape index (κ3) is 4.35. The Bertz CT molecular complexity index is 406. The Morgan fingerprint density at radius 3 is 2.05 bits per heavy atom. The van der Waals surface area contributed by atoms with Crippen molar-refractivity contribution in [1.29, 1.82) is 0 Å². The van der Waals surface area contributed by atoms with Gasteiger partial charge in [0.05, 0.1) is 21.3 Å². The van der Waals surface area contributed by atoms with Crippen molar-refractivity contribution in [2.75, 3.05) is 21.3 Å². The zero-order chi connectivity index (χ0) is 14.3. The monoisotopic (exact) mass is 267 g/mol. The van der Waals surface area contributed by atoms with Gasteiger partial charge in [-0.1, -0.05) is 0 Å². The summed E-state index contributed by atoms with van der Waals surface area (Å²) in [5, 5.41) is 0. The van der Waals surface area contributed by atoms with Crippen LogP contribution in [0.2, 0.25) is 0 Å².